The second kappa shape index (κ2) is 8.67. The molecule has 0 radical (unpaired) electrons. The Labute approximate surface area is 140 Å². The molecule has 1 aromatic carbocycles. The Kier molecular flexibility index (Phi) is 7.59. The molecule has 1 amide bonds. The summed E-state index contributed by atoms with van der Waals surface area (Å²) in [5.74, 6) is 0.453. The monoisotopic (exact) mass is 405 g/mol. The number of hydrogen-bond acceptors (Lipinski definition) is 1. The van der Waals surface area contributed by atoms with Crippen molar-refractivity contribution in [3.63, 3.8) is 0 Å². The quantitative estimate of drug-likeness (QED) is 0.389. The van der Waals surface area contributed by atoms with E-state index in [1.165, 1.54) is 3.57 Å². The van der Waals surface area contributed by atoms with Crippen molar-refractivity contribution in [2.24, 2.45) is 5.92 Å². The van der Waals surface area contributed by atoms with Gasteiger partial charge in [-0.25, -0.2) is 0 Å². The van der Waals surface area contributed by atoms with E-state index in [2.05, 4.69) is 60.7 Å². The lowest BCUT2D eigenvalue weighted by Gasteiger charge is -2.23. The molecule has 1 unspecified atom stereocenters. The van der Waals surface area contributed by atoms with Crippen LogP contribution in [0.15, 0.2) is 36.4 Å². The predicted molar refractivity (Wildman–Crippen MR) is 93.9 cm³/mol. The van der Waals surface area contributed by atoms with Crippen molar-refractivity contribution in [3.8, 4) is 0 Å². The molecule has 0 bridgehead atoms. The standard InChI is InChI=1S/C16H21ClINO/c1-12(2)10-19(16(20)9-4-13(3)17)11-14-5-7-15(18)8-6-14/h4-9,12-13H,10-11H2,1-3H3/b9-4+. The Morgan fingerprint density at radius 3 is 2.40 bits per heavy atom. The van der Waals surface area contributed by atoms with Crippen molar-refractivity contribution >= 4 is 40.1 Å². The fourth-order valence-corrected chi connectivity index (χ4v) is 2.24. The summed E-state index contributed by atoms with van der Waals surface area (Å²) in [6.45, 7) is 7.45. The third kappa shape index (κ3) is 6.75. The molecular weight excluding hydrogens is 385 g/mol. The van der Waals surface area contributed by atoms with Crippen LogP contribution >= 0.6 is 34.2 Å². The molecule has 0 saturated carbocycles. The normalized spacial score (nSPS) is 12.9. The lowest BCUT2D eigenvalue weighted by molar-refractivity contribution is -0.127. The molecule has 20 heavy (non-hydrogen) atoms. The van der Waals surface area contributed by atoms with E-state index >= 15 is 0 Å². The van der Waals surface area contributed by atoms with Crippen molar-refractivity contribution < 1.29 is 4.79 Å². The maximum atomic E-state index is 12.2. The first-order valence-electron chi connectivity index (χ1n) is 6.74. The maximum absolute atomic E-state index is 12.2. The molecule has 110 valence electrons. The third-order valence-corrected chi connectivity index (χ3v) is 3.55. The number of allylic oxidation sites excluding steroid dienone is 1. The van der Waals surface area contributed by atoms with Gasteiger partial charge in [0.1, 0.15) is 0 Å². The maximum Gasteiger partial charge on any atom is 0.246 e. The van der Waals surface area contributed by atoms with Gasteiger partial charge in [-0.15, -0.1) is 11.6 Å². The van der Waals surface area contributed by atoms with E-state index < -0.39 is 0 Å². The summed E-state index contributed by atoms with van der Waals surface area (Å²) >= 11 is 8.13. The van der Waals surface area contributed by atoms with Crippen molar-refractivity contribution in [3.05, 3.63) is 45.6 Å². The van der Waals surface area contributed by atoms with Gasteiger partial charge in [0.05, 0.1) is 0 Å². The summed E-state index contributed by atoms with van der Waals surface area (Å²) in [7, 11) is 0. The number of benzene rings is 1. The molecule has 0 fully saturated rings. The first kappa shape index (κ1) is 17.5. The molecule has 1 aromatic rings. The lowest BCUT2D eigenvalue weighted by atomic mass is 10.1. The summed E-state index contributed by atoms with van der Waals surface area (Å²) in [5.41, 5.74) is 1.15. The molecule has 1 atom stereocenters. The zero-order valence-electron chi connectivity index (χ0n) is 12.1. The first-order valence-corrected chi connectivity index (χ1v) is 8.25. The van der Waals surface area contributed by atoms with Crippen LogP contribution in [0.4, 0.5) is 0 Å². The number of carbonyl (C=O) groups excluding carboxylic acids is 1. The molecule has 2 nitrogen and oxygen atoms in total. The average molecular weight is 406 g/mol. The number of hydrogen-bond donors (Lipinski definition) is 0. The fourth-order valence-electron chi connectivity index (χ4n) is 1.80. The van der Waals surface area contributed by atoms with E-state index in [-0.39, 0.29) is 11.3 Å². The molecule has 0 spiro atoms. The van der Waals surface area contributed by atoms with Crippen molar-refractivity contribution in [1.82, 2.24) is 4.90 Å². The van der Waals surface area contributed by atoms with Gasteiger partial charge in [-0.1, -0.05) is 32.1 Å². The van der Waals surface area contributed by atoms with Crippen LogP contribution in [0.25, 0.3) is 0 Å². The van der Waals surface area contributed by atoms with Gasteiger partial charge in [0.15, 0.2) is 0 Å². The smallest absolute Gasteiger partial charge is 0.246 e. The van der Waals surface area contributed by atoms with Crippen LogP contribution in [0.2, 0.25) is 0 Å². The highest BCUT2D eigenvalue weighted by atomic mass is 127. The lowest BCUT2D eigenvalue weighted by Crippen LogP contribution is -2.32. The van der Waals surface area contributed by atoms with Crippen molar-refractivity contribution in [2.75, 3.05) is 6.54 Å². The zero-order chi connectivity index (χ0) is 15.1. The predicted octanol–water partition coefficient (Wildman–Crippen LogP) is 4.46. The molecule has 1 rings (SSSR count). The minimum absolute atomic E-state index is 0.0183. The first-order chi connectivity index (χ1) is 9.38. The molecule has 0 aliphatic heterocycles. The largest absolute Gasteiger partial charge is 0.335 e. The fraction of sp³-hybridized carbons (Fsp3) is 0.438. The van der Waals surface area contributed by atoms with E-state index in [0.29, 0.717) is 12.5 Å². The topological polar surface area (TPSA) is 20.3 Å². The van der Waals surface area contributed by atoms with Crippen LogP contribution in [-0.2, 0) is 11.3 Å². The summed E-state index contributed by atoms with van der Waals surface area (Å²) < 4.78 is 1.20. The Hall–Kier alpha value is -0.550. The zero-order valence-corrected chi connectivity index (χ0v) is 15.1. The van der Waals surface area contributed by atoms with Crippen LogP contribution < -0.4 is 0 Å². The van der Waals surface area contributed by atoms with E-state index in [1.807, 2.05) is 11.8 Å². The van der Waals surface area contributed by atoms with Gasteiger partial charge < -0.3 is 4.90 Å². The Morgan fingerprint density at radius 1 is 1.30 bits per heavy atom. The van der Waals surface area contributed by atoms with Gasteiger partial charge in [0.25, 0.3) is 0 Å². The second-order valence-corrected chi connectivity index (χ2v) is 7.21. The average Bonchev–Trinajstić information content (AvgIpc) is 2.37. The minimum Gasteiger partial charge on any atom is -0.335 e. The van der Waals surface area contributed by atoms with Crippen LogP contribution in [-0.4, -0.2) is 22.7 Å². The summed E-state index contributed by atoms with van der Waals surface area (Å²) in [6.07, 6.45) is 3.30. The number of halogens is 2. The van der Waals surface area contributed by atoms with Gasteiger partial charge in [0.2, 0.25) is 5.91 Å². The van der Waals surface area contributed by atoms with Crippen LogP contribution in [0, 0.1) is 9.49 Å². The Bertz CT molecular complexity index is 454. The Morgan fingerprint density at radius 2 is 1.90 bits per heavy atom. The molecular formula is C16H21ClINO. The number of carbonyl (C=O) groups is 1. The number of alkyl halides is 1. The van der Waals surface area contributed by atoms with Crippen LogP contribution in [0.5, 0.6) is 0 Å². The van der Waals surface area contributed by atoms with E-state index in [9.17, 15) is 4.79 Å². The molecule has 0 N–H and O–H groups in total. The van der Waals surface area contributed by atoms with E-state index in [0.717, 1.165) is 12.1 Å². The van der Waals surface area contributed by atoms with E-state index in [1.54, 1.807) is 12.2 Å². The van der Waals surface area contributed by atoms with Crippen LogP contribution in [0.3, 0.4) is 0 Å². The number of nitrogens with zero attached hydrogens (tertiary/aromatic N) is 1. The third-order valence-electron chi connectivity index (χ3n) is 2.69. The van der Waals surface area contributed by atoms with Crippen molar-refractivity contribution in [2.45, 2.75) is 32.7 Å². The highest BCUT2D eigenvalue weighted by molar-refractivity contribution is 14.1. The van der Waals surface area contributed by atoms with Gasteiger partial charge in [-0.2, -0.15) is 0 Å². The van der Waals surface area contributed by atoms with Gasteiger partial charge >= 0.3 is 0 Å². The summed E-state index contributed by atoms with van der Waals surface area (Å²) in [6, 6.07) is 8.25. The summed E-state index contributed by atoms with van der Waals surface area (Å²) in [4.78, 5) is 14.1. The van der Waals surface area contributed by atoms with E-state index in [4.69, 9.17) is 11.6 Å². The highest BCUT2D eigenvalue weighted by Gasteiger charge is 2.13. The molecule has 0 aromatic heterocycles. The SMILES string of the molecule is CC(Cl)/C=C/C(=O)N(Cc1ccc(I)cc1)CC(C)C. The van der Waals surface area contributed by atoms with Crippen LogP contribution in [0.1, 0.15) is 26.3 Å². The highest BCUT2D eigenvalue weighted by Crippen LogP contribution is 2.11. The number of rotatable bonds is 6. The van der Waals surface area contributed by atoms with Gasteiger partial charge in [0, 0.05) is 28.1 Å². The molecule has 0 saturated heterocycles. The molecule has 0 aliphatic carbocycles. The molecule has 0 aliphatic rings. The number of amides is 1. The molecule has 0 heterocycles. The molecule has 4 heteroatoms. The second-order valence-electron chi connectivity index (χ2n) is 5.28. The van der Waals surface area contributed by atoms with Crippen molar-refractivity contribution in [1.29, 1.82) is 0 Å². The van der Waals surface area contributed by atoms with Gasteiger partial charge in [-0.05, 0) is 53.1 Å². The van der Waals surface area contributed by atoms with Gasteiger partial charge in [-0.3, -0.25) is 4.79 Å². The Balaban J connectivity index is 2.78. The summed E-state index contributed by atoms with van der Waals surface area (Å²) in [5, 5.41) is -0.127. The minimum atomic E-state index is -0.127.